The molecule has 9 heteroatoms. The molecule has 0 spiro atoms. The van der Waals surface area contributed by atoms with Crippen molar-refractivity contribution in [2.45, 2.75) is 26.7 Å². The van der Waals surface area contributed by atoms with E-state index < -0.39 is 17.2 Å². The first-order valence-corrected chi connectivity index (χ1v) is 8.76. The van der Waals surface area contributed by atoms with Gasteiger partial charge in [-0.1, -0.05) is 6.92 Å². The Morgan fingerprint density at radius 1 is 1.35 bits per heavy atom. The fourth-order valence-corrected chi connectivity index (χ4v) is 2.66. The van der Waals surface area contributed by atoms with Gasteiger partial charge in [-0.3, -0.25) is 14.6 Å². The molecular weight excluding hydrogens is 404 g/mol. The molecule has 0 saturated heterocycles. The van der Waals surface area contributed by atoms with Gasteiger partial charge in [-0.25, -0.2) is 10.2 Å². The van der Waals surface area contributed by atoms with Crippen LogP contribution in [0.25, 0.3) is 0 Å². The summed E-state index contributed by atoms with van der Waals surface area (Å²) in [6.07, 6.45) is 2.21. The number of nitrogens with one attached hydrogen (secondary N) is 3. The molecule has 8 nitrogen and oxygen atoms in total. The van der Waals surface area contributed by atoms with Gasteiger partial charge in [0.2, 0.25) is 5.91 Å². The summed E-state index contributed by atoms with van der Waals surface area (Å²) in [4.78, 5) is 39.3. The molecule has 1 heterocycles. The first-order valence-electron chi connectivity index (χ1n) is 7.97. The van der Waals surface area contributed by atoms with Crippen LogP contribution in [0.3, 0.4) is 0 Å². The van der Waals surface area contributed by atoms with E-state index in [0.717, 1.165) is 22.2 Å². The highest BCUT2D eigenvalue weighted by atomic mass is 79.9. The Kier molecular flexibility index (Phi) is 6.90. The number of hydrogen-bond donors (Lipinski definition) is 3. The Morgan fingerprint density at radius 3 is 2.77 bits per heavy atom. The second-order valence-corrected chi connectivity index (χ2v) is 6.37. The van der Waals surface area contributed by atoms with Crippen molar-refractivity contribution in [2.75, 3.05) is 6.61 Å². The van der Waals surface area contributed by atoms with Gasteiger partial charge in [-0.2, -0.15) is 5.10 Å². The molecule has 3 N–H and O–H groups in total. The van der Waals surface area contributed by atoms with Crippen LogP contribution < -0.4 is 21.4 Å². The van der Waals surface area contributed by atoms with E-state index in [4.69, 9.17) is 4.74 Å². The second-order valence-electron chi connectivity index (χ2n) is 5.52. The van der Waals surface area contributed by atoms with Gasteiger partial charge in [0, 0.05) is 11.3 Å². The van der Waals surface area contributed by atoms with E-state index in [-0.39, 0.29) is 12.0 Å². The van der Waals surface area contributed by atoms with Gasteiger partial charge >= 0.3 is 5.69 Å². The number of carbonyl (C=O) groups excluding carboxylic acids is 1. The molecule has 0 radical (unpaired) electrons. The van der Waals surface area contributed by atoms with Crippen LogP contribution in [-0.2, 0) is 11.2 Å². The molecule has 0 atom stereocenters. The summed E-state index contributed by atoms with van der Waals surface area (Å²) in [7, 11) is 0. The first-order chi connectivity index (χ1) is 12.4. The molecule has 138 valence electrons. The molecule has 0 saturated carbocycles. The molecule has 0 unspecified atom stereocenters. The van der Waals surface area contributed by atoms with Crippen LogP contribution in [0.2, 0.25) is 0 Å². The maximum atomic E-state index is 11.9. The molecule has 1 amide bonds. The normalized spacial score (nSPS) is 10.9. The van der Waals surface area contributed by atoms with Crippen molar-refractivity contribution < 1.29 is 9.53 Å². The van der Waals surface area contributed by atoms with Gasteiger partial charge in [-0.15, -0.1) is 0 Å². The maximum Gasteiger partial charge on any atom is 0.325 e. The minimum Gasteiger partial charge on any atom is -0.492 e. The lowest BCUT2D eigenvalue weighted by atomic mass is 10.1. The zero-order chi connectivity index (χ0) is 19.1. The van der Waals surface area contributed by atoms with Crippen LogP contribution in [0.15, 0.2) is 37.4 Å². The minimum absolute atomic E-state index is 0.192. The van der Waals surface area contributed by atoms with Crippen LogP contribution in [0, 0.1) is 6.92 Å². The van der Waals surface area contributed by atoms with Crippen molar-refractivity contribution in [1.29, 1.82) is 0 Å². The number of rotatable bonds is 7. The molecule has 0 bridgehead atoms. The smallest absolute Gasteiger partial charge is 0.325 e. The number of nitrogens with zero attached hydrogens (tertiary/aromatic N) is 1. The fourth-order valence-electron chi connectivity index (χ4n) is 2.14. The summed E-state index contributed by atoms with van der Waals surface area (Å²) in [6, 6.07) is 5.44. The first kappa shape index (κ1) is 19.6. The quantitative estimate of drug-likeness (QED) is 0.464. The van der Waals surface area contributed by atoms with E-state index in [0.29, 0.717) is 12.3 Å². The highest BCUT2D eigenvalue weighted by Crippen LogP contribution is 2.25. The van der Waals surface area contributed by atoms with Crippen molar-refractivity contribution in [2.24, 2.45) is 5.10 Å². The number of hydrogen-bond acceptors (Lipinski definition) is 5. The van der Waals surface area contributed by atoms with Gasteiger partial charge in [0.25, 0.3) is 5.56 Å². The molecule has 0 fully saturated rings. The molecule has 2 aromatic rings. The van der Waals surface area contributed by atoms with E-state index in [2.05, 4.69) is 36.4 Å². The topological polar surface area (TPSA) is 116 Å². The summed E-state index contributed by atoms with van der Waals surface area (Å²) in [5, 5.41) is 3.88. The van der Waals surface area contributed by atoms with Crippen molar-refractivity contribution in [3.63, 3.8) is 0 Å². The number of aryl methyl sites for hydroxylation is 1. The third-order valence-corrected chi connectivity index (χ3v) is 4.03. The number of H-pyrrole nitrogens is 2. The molecule has 26 heavy (non-hydrogen) atoms. The Morgan fingerprint density at radius 2 is 2.12 bits per heavy atom. The van der Waals surface area contributed by atoms with Crippen LogP contribution in [-0.4, -0.2) is 28.7 Å². The van der Waals surface area contributed by atoms with Crippen molar-refractivity contribution in [1.82, 2.24) is 15.4 Å². The van der Waals surface area contributed by atoms with Crippen LogP contribution in [0.1, 0.15) is 30.2 Å². The molecule has 1 aromatic carbocycles. The van der Waals surface area contributed by atoms with Crippen molar-refractivity contribution in [3.8, 4) is 5.75 Å². The lowest BCUT2D eigenvalue weighted by Crippen LogP contribution is -2.30. The lowest BCUT2D eigenvalue weighted by molar-refractivity contribution is -0.120. The third kappa shape index (κ3) is 5.41. The minimum atomic E-state index is -0.605. The zero-order valence-electron chi connectivity index (χ0n) is 14.4. The summed E-state index contributed by atoms with van der Waals surface area (Å²) in [5.41, 5.74) is 2.47. The third-order valence-electron chi connectivity index (χ3n) is 3.41. The lowest BCUT2D eigenvalue weighted by Gasteiger charge is -2.07. The molecular formula is C17H19BrN4O4. The summed E-state index contributed by atoms with van der Waals surface area (Å²) >= 11 is 3.42. The highest BCUT2D eigenvalue weighted by molar-refractivity contribution is 9.10. The predicted molar refractivity (Wildman–Crippen MR) is 102 cm³/mol. The van der Waals surface area contributed by atoms with Crippen LogP contribution in [0.4, 0.5) is 0 Å². The number of hydrazone groups is 1. The van der Waals surface area contributed by atoms with Crippen molar-refractivity contribution in [3.05, 3.63) is 60.3 Å². The highest BCUT2D eigenvalue weighted by Gasteiger charge is 2.10. The molecule has 0 aliphatic carbocycles. The summed E-state index contributed by atoms with van der Waals surface area (Å²) in [6.45, 7) is 4.22. The van der Waals surface area contributed by atoms with E-state index in [1.54, 1.807) is 6.92 Å². The number of halogens is 1. The molecule has 2 rings (SSSR count). The Bertz CT molecular complexity index is 933. The monoisotopic (exact) mass is 422 g/mol. The van der Waals surface area contributed by atoms with E-state index in [1.165, 1.54) is 6.21 Å². The average molecular weight is 423 g/mol. The number of amides is 1. The van der Waals surface area contributed by atoms with Gasteiger partial charge in [0.05, 0.1) is 23.7 Å². The fraction of sp³-hybridized carbons (Fsp3) is 0.294. The van der Waals surface area contributed by atoms with E-state index >= 15 is 0 Å². The van der Waals surface area contributed by atoms with Gasteiger partial charge in [-0.05, 0) is 53.0 Å². The number of carbonyl (C=O) groups is 1. The molecule has 0 aliphatic rings. The number of aromatic nitrogens is 2. The Balaban J connectivity index is 1.98. The van der Waals surface area contributed by atoms with E-state index in [1.807, 2.05) is 25.1 Å². The Labute approximate surface area is 157 Å². The standard InChI is InChI=1S/C17H19BrN4O4/c1-3-6-26-14-5-4-11(7-13(14)18)9-19-22-15(23)8-12-10(2)20-17(25)21-16(12)24/h4-5,7,9H,3,6,8H2,1-2H3,(H,22,23)(H2,20,21,24,25)/b19-9-. The SMILES string of the molecule is CCCOc1ccc(/C=N\NC(=O)Cc2c(C)[nH]c(=O)[nH]c2=O)cc1Br. The van der Waals surface area contributed by atoms with Gasteiger partial charge < -0.3 is 9.72 Å². The second kappa shape index (κ2) is 9.14. The summed E-state index contributed by atoms with van der Waals surface area (Å²) < 4.78 is 6.35. The van der Waals surface area contributed by atoms with Crippen molar-refractivity contribution >= 4 is 28.1 Å². The van der Waals surface area contributed by atoms with E-state index in [9.17, 15) is 14.4 Å². The van der Waals surface area contributed by atoms with Gasteiger partial charge in [0.15, 0.2) is 0 Å². The number of aromatic amines is 2. The Hall–Kier alpha value is -2.68. The number of benzene rings is 1. The molecule has 1 aromatic heterocycles. The zero-order valence-corrected chi connectivity index (χ0v) is 16.0. The predicted octanol–water partition coefficient (Wildman–Crippen LogP) is 1.62. The van der Waals surface area contributed by atoms with Crippen LogP contribution >= 0.6 is 15.9 Å². The average Bonchev–Trinajstić information content (AvgIpc) is 2.57. The van der Waals surface area contributed by atoms with Crippen LogP contribution in [0.5, 0.6) is 5.75 Å². The van der Waals surface area contributed by atoms with Gasteiger partial charge in [0.1, 0.15) is 5.75 Å². The summed E-state index contributed by atoms with van der Waals surface area (Å²) in [5.74, 6) is 0.268. The largest absolute Gasteiger partial charge is 0.492 e. The maximum absolute atomic E-state index is 11.9. The number of ether oxygens (including phenoxy) is 1. The molecule has 0 aliphatic heterocycles.